The van der Waals surface area contributed by atoms with Crippen LogP contribution < -0.4 is 10.6 Å². The van der Waals surface area contributed by atoms with Gasteiger partial charge in [-0.3, -0.25) is 15.0 Å². The molecule has 0 bridgehead atoms. The van der Waals surface area contributed by atoms with E-state index >= 15 is 0 Å². The van der Waals surface area contributed by atoms with Crippen LogP contribution in [0.25, 0.3) is 27.7 Å². The van der Waals surface area contributed by atoms with Gasteiger partial charge in [0.05, 0.1) is 11.2 Å². The molecule has 3 aromatic rings. The number of aromatic amines is 1. The van der Waals surface area contributed by atoms with Gasteiger partial charge in [-0.2, -0.15) is 5.10 Å². The quantitative estimate of drug-likeness (QED) is 0.209. The van der Waals surface area contributed by atoms with Gasteiger partial charge in [-0.25, -0.2) is 0 Å². The maximum atomic E-state index is 4.54. The number of H-pyrrole nitrogens is 1. The Bertz CT molecular complexity index is 1240. The minimum absolute atomic E-state index is 0.730. The summed E-state index contributed by atoms with van der Waals surface area (Å²) in [6, 6.07) is 8.61. The fourth-order valence-electron chi connectivity index (χ4n) is 4.25. The number of nitrogens with zero attached hydrogens (tertiary/aromatic N) is 3. The molecule has 0 amide bonds. The molecular formula is C32H44N6. The summed E-state index contributed by atoms with van der Waals surface area (Å²) in [5.74, 6) is 0. The molecule has 1 saturated heterocycles. The Labute approximate surface area is 229 Å². The van der Waals surface area contributed by atoms with Crippen LogP contribution in [-0.4, -0.2) is 40.2 Å². The highest BCUT2D eigenvalue weighted by Gasteiger charge is 2.13. The lowest BCUT2D eigenvalue weighted by Gasteiger charge is -2.26. The van der Waals surface area contributed by atoms with Gasteiger partial charge >= 0.3 is 0 Å². The van der Waals surface area contributed by atoms with Crippen molar-refractivity contribution < 1.29 is 0 Å². The zero-order valence-corrected chi connectivity index (χ0v) is 23.6. The van der Waals surface area contributed by atoms with E-state index in [2.05, 4.69) is 81.3 Å². The van der Waals surface area contributed by atoms with E-state index in [0.717, 1.165) is 51.4 Å². The van der Waals surface area contributed by atoms with E-state index in [1.807, 2.05) is 58.4 Å². The fourth-order valence-corrected chi connectivity index (χ4v) is 4.25. The fraction of sp³-hybridized carbons (Fsp3) is 0.312. The molecule has 0 atom stereocenters. The first-order chi connectivity index (χ1) is 18.6. The Kier molecular flexibility index (Phi) is 12.8. The molecule has 0 saturated carbocycles. The van der Waals surface area contributed by atoms with Crippen LogP contribution in [0, 0.1) is 0 Å². The molecule has 0 spiro atoms. The Morgan fingerprint density at radius 3 is 2.45 bits per heavy atom. The number of nitrogens with one attached hydrogen (secondary N) is 3. The third kappa shape index (κ3) is 8.32. The van der Waals surface area contributed by atoms with Gasteiger partial charge in [-0.05, 0) is 74.3 Å². The van der Waals surface area contributed by atoms with Crippen LogP contribution in [0.1, 0.15) is 51.3 Å². The average molecular weight is 513 g/mol. The van der Waals surface area contributed by atoms with Crippen molar-refractivity contribution in [3.8, 4) is 11.1 Å². The third-order valence-electron chi connectivity index (χ3n) is 6.22. The Balaban J connectivity index is 0.00000121. The normalized spacial score (nSPS) is 13.7. The third-order valence-corrected chi connectivity index (χ3v) is 6.22. The first-order valence-electron chi connectivity index (χ1n) is 13.4. The second-order valence-corrected chi connectivity index (χ2v) is 8.71. The van der Waals surface area contributed by atoms with Crippen molar-refractivity contribution in [3.63, 3.8) is 0 Å². The molecule has 6 heteroatoms. The standard InChI is InChI=1S/C28H34N6.C2H6.C2H4/c1-5-25(11-9-20(2)29-4)31-21(3)28-26-16-23(10-12-27(26)32-33-28)24-15-22(17-30-18-24)19-34-13-7-6-8-14-34;2*1-2/h5,9-12,15-18,29,31H,2-3,6-8,13-14,19H2,1,4H3,(H,32,33);1-2H3;1-2H2/b11-9-,25-5+;;. The van der Waals surface area contributed by atoms with Crippen LogP contribution in [0.4, 0.5) is 0 Å². The Morgan fingerprint density at radius 2 is 1.76 bits per heavy atom. The highest BCUT2D eigenvalue weighted by molar-refractivity contribution is 5.92. The summed E-state index contributed by atoms with van der Waals surface area (Å²) < 4.78 is 0. The number of likely N-dealkylation sites (N-methyl/N-ethyl adjacent to an activating group) is 1. The van der Waals surface area contributed by atoms with Crippen molar-refractivity contribution in [1.29, 1.82) is 0 Å². The molecule has 202 valence electrons. The zero-order valence-electron chi connectivity index (χ0n) is 23.6. The minimum Gasteiger partial charge on any atom is -0.389 e. The smallest absolute Gasteiger partial charge is 0.116 e. The molecule has 3 N–H and O–H groups in total. The number of piperidine rings is 1. The topological polar surface area (TPSA) is 68.9 Å². The number of rotatable bonds is 9. The minimum atomic E-state index is 0.730. The highest BCUT2D eigenvalue weighted by atomic mass is 15.1. The number of likely N-dealkylation sites (tertiary alicyclic amines) is 1. The summed E-state index contributed by atoms with van der Waals surface area (Å²) in [4.78, 5) is 7.06. The molecule has 1 fully saturated rings. The molecule has 3 heterocycles. The van der Waals surface area contributed by atoms with E-state index in [9.17, 15) is 0 Å². The molecule has 38 heavy (non-hydrogen) atoms. The molecule has 1 aromatic carbocycles. The second kappa shape index (κ2) is 16.0. The lowest BCUT2D eigenvalue weighted by atomic mass is 10.0. The van der Waals surface area contributed by atoms with Crippen molar-refractivity contribution >= 4 is 16.6 Å². The highest BCUT2D eigenvalue weighted by Crippen LogP contribution is 2.28. The van der Waals surface area contributed by atoms with Crippen molar-refractivity contribution in [3.05, 3.63) is 104 Å². The van der Waals surface area contributed by atoms with Gasteiger partial charge in [-0.1, -0.05) is 45.6 Å². The number of allylic oxidation sites excluding steroid dienone is 3. The van der Waals surface area contributed by atoms with Gasteiger partial charge in [0.1, 0.15) is 5.69 Å². The van der Waals surface area contributed by atoms with Crippen LogP contribution in [0.5, 0.6) is 0 Å². The average Bonchev–Trinajstić information content (AvgIpc) is 3.41. The van der Waals surface area contributed by atoms with Gasteiger partial charge < -0.3 is 10.6 Å². The predicted octanol–water partition coefficient (Wildman–Crippen LogP) is 7.19. The van der Waals surface area contributed by atoms with Crippen LogP contribution >= 0.6 is 0 Å². The van der Waals surface area contributed by atoms with Gasteiger partial charge in [0.25, 0.3) is 0 Å². The summed E-state index contributed by atoms with van der Waals surface area (Å²) >= 11 is 0. The van der Waals surface area contributed by atoms with Gasteiger partial charge in [0.15, 0.2) is 0 Å². The predicted molar refractivity (Wildman–Crippen MR) is 164 cm³/mol. The first-order valence-corrected chi connectivity index (χ1v) is 13.4. The second-order valence-electron chi connectivity index (χ2n) is 8.71. The molecule has 1 aliphatic heterocycles. The van der Waals surface area contributed by atoms with E-state index in [4.69, 9.17) is 0 Å². The number of fused-ring (bicyclic) bond motifs is 1. The molecule has 4 rings (SSSR count). The van der Waals surface area contributed by atoms with E-state index < -0.39 is 0 Å². The van der Waals surface area contributed by atoms with Crippen molar-refractivity contribution in [1.82, 2.24) is 30.7 Å². The van der Waals surface area contributed by atoms with Crippen LogP contribution in [-0.2, 0) is 6.54 Å². The van der Waals surface area contributed by atoms with E-state index in [0.29, 0.717) is 0 Å². The van der Waals surface area contributed by atoms with Crippen molar-refractivity contribution in [2.75, 3.05) is 20.1 Å². The Morgan fingerprint density at radius 1 is 1.03 bits per heavy atom. The maximum Gasteiger partial charge on any atom is 0.116 e. The molecule has 0 radical (unpaired) electrons. The van der Waals surface area contributed by atoms with Crippen LogP contribution in [0.15, 0.2) is 92.6 Å². The molecule has 6 nitrogen and oxygen atoms in total. The molecule has 1 aliphatic rings. The van der Waals surface area contributed by atoms with Crippen molar-refractivity contribution in [2.24, 2.45) is 0 Å². The molecule has 0 unspecified atom stereocenters. The molecular weight excluding hydrogens is 468 g/mol. The number of benzene rings is 1. The summed E-state index contributed by atoms with van der Waals surface area (Å²) in [6.07, 6.45) is 13.7. The van der Waals surface area contributed by atoms with Crippen molar-refractivity contribution in [2.45, 2.75) is 46.6 Å². The maximum absolute atomic E-state index is 4.54. The lowest BCUT2D eigenvalue weighted by Crippen LogP contribution is -2.29. The zero-order chi connectivity index (χ0) is 27.9. The largest absolute Gasteiger partial charge is 0.389 e. The van der Waals surface area contributed by atoms with E-state index in [-0.39, 0.29) is 0 Å². The summed E-state index contributed by atoms with van der Waals surface area (Å²) in [6.45, 7) is 23.5. The number of hydrogen-bond donors (Lipinski definition) is 3. The van der Waals surface area contributed by atoms with Gasteiger partial charge in [0.2, 0.25) is 0 Å². The first kappa shape index (κ1) is 30.3. The summed E-state index contributed by atoms with van der Waals surface area (Å²) in [5, 5.41) is 15.1. The lowest BCUT2D eigenvalue weighted by molar-refractivity contribution is 0.220. The number of pyridine rings is 1. The van der Waals surface area contributed by atoms with E-state index in [1.54, 1.807) is 0 Å². The molecule has 2 aromatic heterocycles. The molecule has 0 aliphatic carbocycles. The SMILES string of the molecule is C=C.C=C(/C=C\C(=C/C)NC(=C)c1n[nH]c2ccc(-c3cncc(CN4CCCCC4)c3)cc12)NC.CC. The monoisotopic (exact) mass is 512 g/mol. The summed E-state index contributed by atoms with van der Waals surface area (Å²) in [5.41, 5.74) is 7.74. The van der Waals surface area contributed by atoms with Gasteiger partial charge in [-0.15, -0.1) is 13.2 Å². The van der Waals surface area contributed by atoms with Crippen LogP contribution in [0.3, 0.4) is 0 Å². The van der Waals surface area contributed by atoms with E-state index in [1.165, 1.54) is 37.9 Å². The van der Waals surface area contributed by atoms with Crippen LogP contribution in [0.2, 0.25) is 0 Å². The summed E-state index contributed by atoms with van der Waals surface area (Å²) in [7, 11) is 1.85. The number of hydrogen-bond acceptors (Lipinski definition) is 5. The Hall–Kier alpha value is -3.90. The van der Waals surface area contributed by atoms with Gasteiger partial charge in [0, 0.05) is 48.3 Å². The number of aromatic nitrogens is 3.